The fraction of sp³-hybridized carbons (Fsp3) is 1.00. The van der Waals surface area contributed by atoms with E-state index in [1.807, 2.05) is 0 Å². The quantitative estimate of drug-likeness (QED) is 0.722. The summed E-state index contributed by atoms with van der Waals surface area (Å²) in [4.78, 5) is 0. The molecule has 1 unspecified atom stereocenters. The summed E-state index contributed by atoms with van der Waals surface area (Å²) in [7, 11) is -1.75. The van der Waals surface area contributed by atoms with Crippen LogP contribution in [0.25, 0.3) is 0 Å². The van der Waals surface area contributed by atoms with Crippen LogP contribution in [0.4, 0.5) is 0 Å². The van der Waals surface area contributed by atoms with Crippen molar-refractivity contribution in [3.05, 3.63) is 0 Å². The molecule has 4 heteroatoms. The van der Waals surface area contributed by atoms with E-state index < -0.39 is 14.6 Å². The predicted octanol–water partition coefficient (Wildman–Crippen LogP) is 2.12. The van der Waals surface area contributed by atoms with Crippen molar-refractivity contribution >= 4 is 8.32 Å². The number of ether oxygens (including phenoxy) is 1. The van der Waals surface area contributed by atoms with Crippen LogP contribution in [0, 0.1) is 0 Å². The summed E-state index contributed by atoms with van der Waals surface area (Å²) in [5.74, 6) is 0. The summed E-state index contributed by atoms with van der Waals surface area (Å²) in [5, 5.41) is 9.68. The molecule has 0 aliphatic carbocycles. The molecule has 0 aromatic rings. The molecule has 1 aliphatic heterocycles. The minimum Gasteiger partial charge on any atom is -0.409 e. The molecule has 1 saturated heterocycles. The molecule has 14 heavy (non-hydrogen) atoms. The summed E-state index contributed by atoms with van der Waals surface area (Å²) in [5.41, 5.74) is 0. The van der Waals surface area contributed by atoms with Gasteiger partial charge in [-0.3, -0.25) is 0 Å². The van der Waals surface area contributed by atoms with Gasteiger partial charge in [0.2, 0.25) is 0 Å². The second-order valence-corrected chi connectivity index (χ2v) is 10.2. The van der Waals surface area contributed by atoms with Crippen molar-refractivity contribution in [3.63, 3.8) is 0 Å². The number of rotatable bonds is 2. The SMILES string of the molecule is CC(C)(C)[Si](C)(C)OC1CCO[C@H]1O. The van der Waals surface area contributed by atoms with Gasteiger partial charge in [-0.1, -0.05) is 20.8 Å². The van der Waals surface area contributed by atoms with E-state index in [1.54, 1.807) is 0 Å². The van der Waals surface area contributed by atoms with Crippen LogP contribution in [-0.4, -0.2) is 32.4 Å². The highest BCUT2D eigenvalue weighted by atomic mass is 28.4. The molecular weight excluding hydrogens is 196 g/mol. The van der Waals surface area contributed by atoms with Crippen LogP contribution >= 0.6 is 0 Å². The van der Waals surface area contributed by atoms with Crippen molar-refractivity contribution in [2.75, 3.05) is 6.61 Å². The molecule has 1 heterocycles. The highest BCUT2D eigenvalue weighted by molar-refractivity contribution is 6.74. The van der Waals surface area contributed by atoms with Crippen molar-refractivity contribution in [2.45, 2.75) is 57.7 Å². The Morgan fingerprint density at radius 2 is 1.93 bits per heavy atom. The Labute approximate surface area is 87.5 Å². The molecule has 0 aromatic carbocycles. The summed E-state index contributed by atoms with van der Waals surface area (Å²) < 4.78 is 11.1. The first-order chi connectivity index (χ1) is 6.24. The minimum atomic E-state index is -1.75. The lowest BCUT2D eigenvalue weighted by Gasteiger charge is -2.38. The standard InChI is InChI=1S/C10H22O3Si/c1-10(2,3)14(4,5)13-8-6-7-12-9(8)11/h8-9,11H,6-7H2,1-5H3/t8?,9-/m1/s1. The molecule has 0 radical (unpaired) electrons. The van der Waals surface area contributed by atoms with E-state index in [9.17, 15) is 5.11 Å². The minimum absolute atomic E-state index is 0.115. The van der Waals surface area contributed by atoms with Gasteiger partial charge >= 0.3 is 0 Å². The smallest absolute Gasteiger partial charge is 0.192 e. The first-order valence-corrected chi connectivity index (χ1v) is 8.12. The zero-order chi connectivity index (χ0) is 11.0. The zero-order valence-corrected chi connectivity index (χ0v) is 10.8. The molecule has 0 saturated carbocycles. The summed E-state index contributed by atoms with van der Waals surface area (Å²) >= 11 is 0. The van der Waals surface area contributed by atoms with Crippen molar-refractivity contribution in [2.24, 2.45) is 0 Å². The largest absolute Gasteiger partial charge is 0.409 e. The molecule has 0 bridgehead atoms. The molecular formula is C10H22O3Si. The number of aliphatic hydroxyl groups excluding tert-OH is 1. The lowest BCUT2D eigenvalue weighted by atomic mass is 10.2. The van der Waals surface area contributed by atoms with Crippen molar-refractivity contribution in [1.82, 2.24) is 0 Å². The van der Waals surface area contributed by atoms with E-state index in [-0.39, 0.29) is 11.1 Å². The maximum Gasteiger partial charge on any atom is 0.192 e. The van der Waals surface area contributed by atoms with Gasteiger partial charge in [0.1, 0.15) is 0 Å². The van der Waals surface area contributed by atoms with E-state index in [0.29, 0.717) is 6.61 Å². The molecule has 1 N–H and O–H groups in total. The molecule has 1 aliphatic rings. The van der Waals surface area contributed by atoms with Crippen molar-refractivity contribution < 1.29 is 14.3 Å². The van der Waals surface area contributed by atoms with Crippen LogP contribution in [0.3, 0.4) is 0 Å². The van der Waals surface area contributed by atoms with Crippen LogP contribution in [0.5, 0.6) is 0 Å². The fourth-order valence-electron chi connectivity index (χ4n) is 1.23. The Morgan fingerprint density at radius 3 is 2.29 bits per heavy atom. The Bertz CT molecular complexity index is 198. The monoisotopic (exact) mass is 218 g/mol. The topological polar surface area (TPSA) is 38.7 Å². The van der Waals surface area contributed by atoms with Crippen LogP contribution in [0.15, 0.2) is 0 Å². The van der Waals surface area contributed by atoms with Gasteiger partial charge in [0.05, 0.1) is 12.7 Å². The molecule has 3 nitrogen and oxygen atoms in total. The van der Waals surface area contributed by atoms with Gasteiger partial charge in [0.25, 0.3) is 0 Å². The average Bonchev–Trinajstić information content (AvgIpc) is 2.33. The molecule has 84 valence electrons. The molecule has 0 spiro atoms. The molecule has 0 aromatic heterocycles. The third kappa shape index (κ3) is 2.57. The first-order valence-electron chi connectivity index (χ1n) is 5.21. The number of hydrogen-bond donors (Lipinski definition) is 1. The summed E-state index contributed by atoms with van der Waals surface area (Å²) in [6.45, 7) is 11.6. The maximum absolute atomic E-state index is 9.49. The van der Waals surface area contributed by atoms with Gasteiger partial charge in [-0.25, -0.2) is 0 Å². The summed E-state index contributed by atoms with van der Waals surface area (Å²) in [6.07, 6.45) is -0.0201. The fourth-order valence-corrected chi connectivity index (χ4v) is 2.57. The van der Waals surface area contributed by atoms with E-state index >= 15 is 0 Å². The zero-order valence-electron chi connectivity index (χ0n) is 9.83. The Morgan fingerprint density at radius 1 is 1.36 bits per heavy atom. The highest BCUT2D eigenvalue weighted by Gasteiger charge is 2.41. The Hall–Kier alpha value is 0.0969. The molecule has 1 rings (SSSR count). The number of hydrogen-bond acceptors (Lipinski definition) is 3. The second-order valence-electron chi connectivity index (χ2n) is 5.47. The molecule has 1 fully saturated rings. The third-order valence-electron chi connectivity index (χ3n) is 3.26. The normalized spacial score (nSPS) is 29.6. The van der Waals surface area contributed by atoms with Gasteiger partial charge in [-0.05, 0) is 18.1 Å². The van der Waals surface area contributed by atoms with Gasteiger partial charge in [-0.2, -0.15) is 0 Å². The molecule has 2 atom stereocenters. The van der Waals surface area contributed by atoms with Crippen molar-refractivity contribution in [3.8, 4) is 0 Å². The van der Waals surface area contributed by atoms with E-state index in [0.717, 1.165) is 6.42 Å². The van der Waals surface area contributed by atoms with Crippen LogP contribution in [0.2, 0.25) is 18.1 Å². The van der Waals surface area contributed by atoms with Gasteiger partial charge in [-0.15, -0.1) is 0 Å². The van der Waals surface area contributed by atoms with E-state index in [1.165, 1.54) is 0 Å². The van der Waals surface area contributed by atoms with Gasteiger partial charge in [0.15, 0.2) is 14.6 Å². The van der Waals surface area contributed by atoms with Gasteiger partial charge < -0.3 is 14.3 Å². The summed E-state index contributed by atoms with van der Waals surface area (Å²) in [6, 6.07) is 0. The van der Waals surface area contributed by atoms with Crippen LogP contribution in [-0.2, 0) is 9.16 Å². The predicted molar refractivity (Wildman–Crippen MR) is 58.6 cm³/mol. The van der Waals surface area contributed by atoms with Crippen LogP contribution in [0.1, 0.15) is 27.2 Å². The highest BCUT2D eigenvalue weighted by Crippen LogP contribution is 2.38. The molecule has 0 amide bonds. The Kier molecular flexibility index (Phi) is 3.41. The number of aliphatic hydroxyl groups is 1. The second kappa shape index (κ2) is 3.93. The average molecular weight is 218 g/mol. The van der Waals surface area contributed by atoms with Gasteiger partial charge in [0, 0.05) is 6.42 Å². The van der Waals surface area contributed by atoms with Crippen LogP contribution < -0.4 is 0 Å². The Balaban J connectivity index is 2.58. The van der Waals surface area contributed by atoms with Crippen molar-refractivity contribution in [1.29, 1.82) is 0 Å². The lowest BCUT2D eigenvalue weighted by Crippen LogP contribution is -2.45. The first kappa shape index (κ1) is 12.2. The lowest BCUT2D eigenvalue weighted by molar-refractivity contribution is -0.104. The van der Waals surface area contributed by atoms with E-state index in [4.69, 9.17) is 9.16 Å². The maximum atomic E-state index is 9.49. The third-order valence-corrected chi connectivity index (χ3v) is 7.77. The van der Waals surface area contributed by atoms with E-state index in [2.05, 4.69) is 33.9 Å².